The molecule has 1 aliphatic heterocycles. The summed E-state index contributed by atoms with van der Waals surface area (Å²) in [6.07, 6.45) is 1.43. The fraction of sp³-hybridized carbons (Fsp3) is 0.300. The zero-order valence-electron chi connectivity index (χ0n) is 14.5. The Morgan fingerprint density at radius 3 is 2.72 bits per heavy atom. The summed E-state index contributed by atoms with van der Waals surface area (Å²) in [7, 11) is 1.61. The normalized spacial score (nSPS) is 15.1. The van der Waals surface area contributed by atoms with E-state index in [1.807, 2.05) is 43.3 Å². The molecule has 0 unspecified atom stereocenters. The van der Waals surface area contributed by atoms with Gasteiger partial charge in [0, 0.05) is 29.8 Å². The third-order valence-electron chi connectivity index (χ3n) is 4.45. The van der Waals surface area contributed by atoms with E-state index in [0.717, 1.165) is 23.4 Å². The molecule has 1 heterocycles. The van der Waals surface area contributed by atoms with E-state index in [0.29, 0.717) is 18.5 Å². The molecule has 5 heteroatoms. The van der Waals surface area contributed by atoms with E-state index < -0.39 is 0 Å². The Hall–Kier alpha value is -2.82. The highest BCUT2D eigenvalue weighted by Crippen LogP contribution is 2.25. The number of nitrogens with zero attached hydrogens (tertiary/aromatic N) is 1. The number of benzene rings is 2. The number of methoxy groups -OCH3 is 1. The smallest absolute Gasteiger partial charge is 0.251 e. The molecule has 25 heavy (non-hydrogen) atoms. The maximum atomic E-state index is 12.6. The van der Waals surface area contributed by atoms with Gasteiger partial charge < -0.3 is 15.0 Å². The van der Waals surface area contributed by atoms with Crippen LogP contribution in [0, 0.1) is 0 Å². The molecule has 1 N–H and O–H groups in total. The van der Waals surface area contributed by atoms with Gasteiger partial charge in [-0.3, -0.25) is 9.59 Å². The van der Waals surface area contributed by atoms with Crippen LogP contribution in [0.2, 0.25) is 0 Å². The van der Waals surface area contributed by atoms with Gasteiger partial charge in [0.2, 0.25) is 5.91 Å². The Labute approximate surface area is 147 Å². The fourth-order valence-electron chi connectivity index (χ4n) is 3.12. The van der Waals surface area contributed by atoms with Gasteiger partial charge in [0.25, 0.3) is 5.91 Å². The number of carbonyl (C=O) groups excluding carboxylic acids is 2. The summed E-state index contributed by atoms with van der Waals surface area (Å²) in [6.45, 7) is 2.63. The topological polar surface area (TPSA) is 58.6 Å². The molecule has 1 aliphatic rings. The van der Waals surface area contributed by atoms with E-state index in [1.165, 1.54) is 0 Å². The maximum Gasteiger partial charge on any atom is 0.251 e. The molecule has 1 atom stereocenters. The van der Waals surface area contributed by atoms with Gasteiger partial charge in [-0.2, -0.15) is 0 Å². The zero-order chi connectivity index (χ0) is 17.8. The number of hydrogen-bond donors (Lipinski definition) is 1. The molecule has 0 aliphatic carbocycles. The lowest BCUT2D eigenvalue weighted by Crippen LogP contribution is -2.28. The number of hydrogen-bond acceptors (Lipinski definition) is 3. The summed E-state index contributed by atoms with van der Waals surface area (Å²) in [5.74, 6) is 0.679. The van der Waals surface area contributed by atoms with Gasteiger partial charge in [0.15, 0.2) is 0 Å². The molecule has 2 aromatic carbocycles. The molecular weight excluding hydrogens is 316 g/mol. The van der Waals surface area contributed by atoms with Crippen molar-refractivity contribution in [1.29, 1.82) is 0 Å². The Bertz CT molecular complexity index is 788. The lowest BCUT2D eigenvalue weighted by Gasteiger charge is -2.19. The maximum absolute atomic E-state index is 12.6. The second kappa shape index (κ2) is 7.38. The molecule has 5 nitrogen and oxygen atoms in total. The minimum absolute atomic E-state index is 0.111. The Kier molecular flexibility index (Phi) is 5.03. The van der Waals surface area contributed by atoms with E-state index in [1.54, 1.807) is 24.1 Å². The van der Waals surface area contributed by atoms with Crippen LogP contribution < -0.4 is 15.0 Å². The van der Waals surface area contributed by atoms with Crippen molar-refractivity contribution >= 4 is 17.5 Å². The molecule has 2 aromatic rings. The van der Waals surface area contributed by atoms with Gasteiger partial charge in [0.1, 0.15) is 5.75 Å². The van der Waals surface area contributed by atoms with E-state index in [2.05, 4.69) is 5.32 Å². The molecule has 1 saturated heterocycles. The minimum atomic E-state index is -0.194. The van der Waals surface area contributed by atoms with E-state index >= 15 is 0 Å². The molecule has 130 valence electrons. The number of anilines is 1. The molecule has 0 bridgehead atoms. The van der Waals surface area contributed by atoms with Crippen LogP contribution in [-0.2, 0) is 4.79 Å². The molecule has 2 amide bonds. The number of amides is 2. The van der Waals surface area contributed by atoms with Gasteiger partial charge >= 0.3 is 0 Å². The van der Waals surface area contributed by atoms with Gasteiger partial charge in [0.05, 0.1) is 13.2 Å². The number of carbonyl (C=O) groups is 2. The summed E-state index contributed by atoms with van der Waals surface area (Å²) in [4.78, 5) is 26.3. The molecule has 0 spiro atoms. The van der Waals surface area contributed by atoms with Crippen molar-refractivity contribution in [2.45, 2.75) is 25.8 Å². The molecule has 1 fully saturated rings. The average Bonchev–Trinajstić information content (AvgIpc) is 3.07. The van der Waals surface area contributed by atoms with E-state index in [-0.39, 0.29) is 17.9 Å². The van der Waals surface area contributed by atoms with Crippen molar-refractivity contribution in [3.05, 3.63) is 59.7 Å². The van der Waals surface area contributed by atoms with Crippen LogP contribution >= 0.6 is 0 Å². The third kappa shape index (κ3) is 3.65. The summed E-state index contributed by atoms with van der Waals surface area (Å²) >= 11 is 0. The molecule has 0 aromatic heterocycles. The first kappa shape index (κ1) is 17.0. The highest BCUT2D eigenvalue weighted by molar-refractivity contribution is 5.99. The van der Waals surface area contributed by atoms with Crippen LogP contribution in [0.4, 0.5) is 5.69 Å². The number of rotatable bonds is 5. The minimum Gasteiger partial charge on any atom is -0.496 e. The summed E-state index contributed by atoms with van der Waals surface area (Å²) in [5, 5.41) is 2.99. The molecule has 0 saturated carbocycles. The first-order valence-corrected chi connectivity index (χ1v) is 8.44. The number of nitrogens with one attached hydrogen (secondary N) is 1. The third-order valence-corrected chi connectivity index (χ3v) is 4.45. The quantitative estimate of drug-likeness (QED) is 0.910. The zero-order valence-corrected chi connectivity index (χ0v) is 14.5. The summed E-state index contributed by atoms with van der Waals surface area (Å²) in [5.41, 5.74) is 2.24. The van der Waals surface area contributed by atoms with Gasteiger partial charge in [-0.25, -0.2) is 0 Å². The standard InChI is InChI=1S/C20H22N2O3/c1-14(17-9-3-4-10-18(17)25-2)21-20(24)15-7-5-8-16(13-15)22-12-6-11-19(22)23/h3-5,7-10,13-14H,6,11-12H2,1-2H3,(H,21,24)/t14-/m1/s1. The molecule has 0 radical (unpaired) electrons. The van der Waals surface area contributed by atoms with Crippen molar-refractivity contribution in [3.8, 4) is 5.75 Å². The Balaban J connectivity index is 1.76. The van der Waals surface area contributed by atoms with Crippen molar-refractivity contribution in [1.82, 2.24) is 5.32 Å². The largest absolute Gasteiger partial charge is 0.496 e. The predicted molar refractivity (Wildman–Crippen MR) is 96.9 cm³/mol. The van der Waals surface area contributed by atoms with Gasteiger partial charge in [-0.15, -0.1) is 0 Å². The first-order chi connectivity index (χ1) is 12.1. The summed E-state index contributed by atoms with van der Waals surface area (Å²) < 4.78 is 5.36. The average molecular weight is 338 g/mol. The highest BCUT2D eigenvalue weighted by Gasteiger charge is 2.22. The van der Waals surface area contributed by atoms with Crippen LogP contribution in [-0.4, -0.2) is 25.5 Å². The SMILES string of the molecule is COc1ccccc1[C@@H](C)NC(=O)c1cccc(N2CCCC2=O)c1. The van der Waals surface area contributed by atoms with Crippen molar-refractivity contribution < 1.29 is 14.3 Å². The Morgan fingerprint density at radius 2 is 2.00 bits per heavy atom. The summed E-state index contributed by atoms with van der Waals surface area (Å²) in [6, 6.07) is 14.6. The van der Waals surface area contributed by atoms with Gasteiger partial charge in [-0.1, -0.05) is 24.3 Å². The highest BCUT2D eigenvalue weighted by atomic mass is 16.5. The van der Waals surface area contributed by atoms with E-state index in [4.69, 9.17) is 4.74 Å². The number of para-hydroxylation sites is 1. The monoisotopic (exact) mass is 338 g/mol. The van der Waals surface area contributed by atoms with Crippen LogP contribution in [0.5, 0.6) is 5.75 Å². The lowest BCUT2D eigenvalue weighted by atomic mass is 10.1. The van der Waals surface area contributed by atoms with Gasteiger partial charge in [-0.05, 0) is 37.6 Å². The van der Waals surface area contributed by atoms with Crippen LogP contribution in [0.25, 0.3) is 0 Å². The van der Waals surface area contributed by atoms with Crippen molar-refractivity contribution in [3.63, 3.8) is 0 Å². The van der Waals surface area contributed by atoms with Crippen LogP contribution in [0.3, 0.4) is 0 Å². The van der Waals surface area contributed by atoms with Crippen molar-refractivity contribution in [2.75, 3.05) is 18.6 Å². The second-order valence-electron chi connectivity index (χ2n) is 6.14. The Morgan fingerprint density at radius 1 is 1.20 bits per heavy atom. The fourth-order valence-corrected chi connectivity index (χ4v) is 3.12. The predicted octanol–water partition coefficient (Wildman–Crippen LogP) is 3.31. The van der Waals surface area contributed by atoms with Crippen LogP contribution in [0.15, 0.2) is 48.5 Å². The second-order valence-corrected chi connectivity index (χ2v) is 6.14. The van der Waals surface area contributed by atoms with Crippen molar-refractivity contribution in [2.24, 2.45) is 0 Å². The molecular formula is C20H22N2O3. The first-order valence-electron chi connectivity index (χ1n) is 8.44. The van der Waals surface area contributed by atoms with E-state index in [9.17, 15) is 9.59 Å². The number of ether oxygens (including phenoxy) is 1. The molecule has 3 rings (SSSR count). The van der Waals surface area contributed by atoms with Crippen LogP contribution in [0.1, 0.15) is 41.7 Å². The lowest BCUT2D eigenvalue weighted by molar-refractivity contribution is -0.117.